The maximum Gasteiger partial charge on any atom is 0.312 e. The number of phenolic OH excluding ortho intramolecular Hbond substituents is 1. The van der Waals surface area contributed by atoms with Crippen LogP contribution in [0.3, 0.4) is 0 Å². The molecular weight excluding hydrogens is 244 g/mol. The summed E-state index contributed by atoms with van der Waals surface area (Å²) in [5, 5.41) is 30.9. The third-order valence-electron chi connectivity index (χ3n) is 1.74. The number of nitrogens with zero attached hydrogens (tertiary/aromatic N) is 3. The largest absolute Gasteiger partial charge is 0.502 e. The Morgan fingerprint density at radius 1 is 1.71 bits per heavy atom. The van der Waals surface area contributed by atoms with Gasteiger partial charge in [0.25, 0.3) is 0 Å². The Morgan fingerprint density at radius 2 is 2.41 bits per heavy atom. The summed E-state index contributed by atoms with van der Waals surface area (Å²) in [6, 6.07) is 3.73. The van der Waals surface area contributed by atoms with E-state index in [-0.39, 0.29) is 5.69 Å². The molecule has 0 aromatic heterocycles. The highest BCUT2D eigenvalue weighted by Crippen LogP contribution is 2.30. The van der Waals surface area contributed by atoms with E-state index in [0.29, 0.717) is 5.17 Å². The molecule has 1 aromatic rings. The lowest BCUT2D eigenvalue weighted by atomic mass is 10.2. The number of hydrogen-bond acceptors (Lipinski definition) is 6. The van der Waals surface area contributed by atoms with Crippen LogP contribution in [0.4, 0.5) is 11.4 Å². The molecule has 7 nitrogen and oxygen atoms in total. The lowest BCUT2D eigenvalue weighted by Crippen LogP contribution is -2.12. The fraction of sp³-hybridized carbons (Fsp3) is 0.111. The van der Waals surface area contributed by atoms with Crippen LogP contribution in [0.2, 0.25) is 0 Å². The molecule has 0 saturated heterocycles. The maximum atomic E-state index is 10.6. The Bertz CT molecular complexity index is 509. The highest BCUT2D eigenvalue weighted by Gasteiger charge is 2.13. The number of phenols is 1. The average Bonchev–Trinajstić information content (AvgIpc) is 2.30. The molecule has 0 fully saturated rings. The Labute approximate surface area is 101 Å². The highest BCUT2D eigenvalue weighted by molar-refractivity contribution is 8.13. The fourth-order valence-corrected chi connectivity index (χ4v) is 1.36. The first-order valence-corrected chi connectivity index (χ1v) is 5.56. The molecule has 0 heterocycles. The SMILES string of the molecule is CSC(=Nc1ccc(O)c([N+](=O)[O-])c1)NC#N. The zero-order chi connectivity index (χ0) is 12.8. The van der Waals surface area contributed by atoms with Gasteiger partial charge in [-0.3, -0.25) is 15.4 Å². The third-order valence-corrected chi connectivity index (χ3v) is 2.32. The van der Waals surface area contributed by atoms with Crippen LogP contribution in [0, 0.1) is 21.6 Å². The average molecular weight is 252 g/mol. The van der Waals surface area contributed by atoms with Gasteiger partial charge in [-0.1, -0.05) is 11.8 Å². The van der Waals surface area contributed by atoms with Gasteiger partial charge in [-0.25, -0.2) is 4.99 Å². The third kappa shape index (κ3) is 3.35. The predicted molar refractivity (Wildman–Crippen MR) is 64.1 cm³/mol. The number of nitro groups is 1. The van der Waals surface area contributed by atoms with Gasteiger partial charge in [0.2, 0.25) is 0 Å². The topological polar surface area (TPSA) is 112 Å². The highest BCUT2D eigenvalue weighted by atomic mass is 32.2. The van der Waals surface area contributed by atoms with Crippen molar-refractivity contribution < 1.29 is 10.0 Å². The number of aliphatic imine (C=N–C) groups is 1. The molecule has 0 spiro atoms. The van der Waals surface area contributed by atoms with Crippen molar-refractivity contribution in [3.8, 4) is 11.9 Å². The van der Waals surface area contributed by atoms with Crippen molar-refractivity contribution >= 4 is 28.3 Å². The predicted octanol–water partition coefficient (Wildman–Crippen LogP) is 1.72. The van der Waals surface area contributed by atoms with E-state index in [4.69, 9.17) is 5.26 Å². The van der Waals surface area contributed by atoms with E-state index in [1.54, 1.807) is 12.4 Å². The molecule has 17 heavy (non-hydrogen) atoms. The van der Waals surface area contributed by atoms with E-state index in [9.17, 15) is 15.2 Å². The summed E-state index contributed by atoms with van der Waals surface area (Å²) in [5.74, 6) is -0.423. The molecule has 0 saturated carbocycles. The quantitative estimate of drug-likeness (QED) is 0.207. The van der Waals surface area contributed by atoms with Crippen LogP contribution in [-0.4, -0.2) is 21.5 Å². The summed E-state index contributed by atoms with van der Waals surface area (Å²) in [7, 11) is 0. The van der Waals surface area contributed by atoms with E-state index >= 15 is 0 Å². The van der Waals surface area contributed by atoms with Gasteiger partial charge in [0, 0.05) is 6.07 Å². The molecule has 2 N–H and O–H groups in total. The molecule has 1 rings (SSSR count). The van der Waals surface area contributed by atoms with Crippen LogP contribution in [0.25, 0.3) is 0 Å². The molecule has 0 aliphatic carbocycles. The van der Waals surface area contributed by atoms with Gasteiger partial charge in [-0.05, 0) is 18.4 Å². The number of thioether (sulfide) groups is 1. The minimum Gasteiger partial charge on any atom is -0.502 e. The van der Waals surface area contributed by atoms with Crippen molar-refractivity contribution in [3.63, 3.8) is 0 Å². The first-order valence-electron chi connectivity index (χ1n) is 4.33. The number of amidine groups is 1. The molecule has 0 atom stereocenters. The van der Waals surface area contributed by atoms with Gasteiger partial charge >= 0.3 is 5.69 Å². The smallest absolute Gasteiger partial charge is 0.312 e. The van der Waals surface area contributed by atoms with Crippen molar-refractivity contribution in [3.05, 3.63) is 28.3 Å². The molecule has 0 radical (unpaired) electrons. The van der Waals surface area contributed by atoms with Crippen LogP contribution in [0.5, 0.6) is 5.75 Å². The normalized spacial score (nSPS) is 10.7. The molecule has 88 valence electrons. The van der Waals surface area contributed by atoms with Crippen LogP contribution < -0.4 is 5.32 Å². The number of hydrogen-bond donors (Lipinski definition) is 2. The summed E-state index contributed by atoms with van der Waals surface area (Å²) in [6.45, 7) is 0. The molecule has 0 aliphatic rings. The minimum absolute atomic E-state index is 0.279. The molecule has 0 unspecified atom stereocenters. The Hall–Kier alpha value is -2.27. The van der Waals surface area contributed by atoms with E-state index in [0.717, 1.165) is 6.07 Å². The number of nitrogens with one attached hydrogen (secondary N) is 1. The van der Waals surface area contributed by atoms with Crippen LogP contribution in [0.15, 0.2) is 23.2 Å². The number of aromatic hydroxyl groups is 1. The van der Waals surface area contributed by atoms with Crippen molar-refractivity contribution in [2.45, 2.75) is 0 Å². The first kappa shape index (κ1) is 12.8. The molecule has 8 heteroatoms. The Balaban J connectivity index is 3.12. The second-order valence-electron chi connectivity index (χ2n) is 2.79. The summed E-state index contributed by atoms with van der Waals surface area (Å²) >= 11 is 1.19. The van der Waals surface area contributed by atoms with E-state index in [2.05, 4.69) is 10.3 Å². The summed E-state index contributed by atoms with van der Waals surface area (Å²) < 4.78 is 0. The Morgan fingerprint density at radius 3 is 2.94 bits per heavy atom. The number of nitro benzene ring substituents is 1. The number of benzene rings is 1. The van der Waals surface area contributed by atoms with E-state index in [1.165, 1.54) is 23.9 Å². The molecular formula is C9H8N4O3S. The van der Waals surface area contributed by atoms with Gasteiger partial charge in [0.1, 0.15) is 0 Å². The maximum absolute atomic E-state index is 10.6. The summed E-state index contributed by atoms with van der Waals surface area (Å²) in [4.78, 5) is 13.9. The van der Waals surface area contributed by atoms with Gasteiger partial charge in [0.15, 0.2) is 17.1 Å². The van der Waals surface area contributed by atoms with Crippen molar-refractivity contribution in [1.29, 1.82) is 5.26 Å². The molecule has 0 bridgehead atoms. The number of rotatable bonds is 2. The fourth-order valence-electron chi connectivity index (χ4n) is 1.02. The van der Waals surface area contributed by atoms with E-state index in [1.807, 2.05) is 0 Å². The van der Waals surface area contributed by atoms with Crippen LogP contribution >= 0.6 is 11.8 Å². The molecule has 1 aromatic carbocycles. The second-order valence-corrected chi connectivity index (χ2v) is 3.58. The lowest BCUT2D eigenvalue weighted by Gasteiger charge is -2.00. The zero-order valence-electron chi connectivity index (χ0n) is 8.75. The lowest BCUT2D eigenvalue weighted by molar-refractivity contribution is -0.385. The van der Waals surface area contributed by atoms with Gasteiger partial charge in [-0.15, -0.1) is 0 Å². The van der Waals surface area contributed by atoms with Crippen molar-refractivity contribution in [2.24, 2.45) is 4.99 Å². The zero-order valence-corrected chi connectivity index (χ0v) is 9.56. The molecule has 0 aliphatic heterocycles. The van der Waals surface area contributed by atoms with Crippen molar-refractivity contribution in [2.75, 3.05) is 6.26 Å². The van der Waals surface area contributed by atoms with Gasteiger partial charge < -0.3 is 5.11 Å². The van der Waals surface area contributed by atoms with E-state index < -0.39 is 16.4 Å². The summed E-state index contributed by atoms with van der Waals surface area (Å²) in [6.07, 6.45) is 3.41. The second kappa shape index (κ2) is 5.72. The number of nitriles is 1. The van der Waals surface area contributed by atoms with Crippen LogP contribution in [-0.2, 0) is 0 Å². The first-order chi connectivity index (χ1) is 8.08. The standard InChI is InChI=1S/C9H8N4O3S/c1-17-9(11-5-10)12-6-2-3-8(14)7(4-6)13(15)16/h2-4,14H,1H3,(H,11,12). The summed E-state index contributed by atoms with van der Waals surface area (Å²) in [5.41, 5.74) is -0.148. The Kier molecular flexibility index (Phi) is 4.30. The van der Waals surface area contributed by atoms with Crippen LogP contribution in [0.1, 0.15) is 0 Å². The molecule has 0 amide bonds. The van der Waals surface area contributed by atoms with Crippen molar-refractivity contribution in [1.82, 2.24) is 5.32 Å². The monoisotopic (exact) mass is 252 g/mol. The van der Waals surface area contributed by atoms with Gasteiger partial charge in [-0.2, -0.15) is 5.26 Å². The minimum atomic E-state index is -0.704. The van der Waals surface area contributed by atoms with Gasteiger partial charge in [0.05, 0.1) is 10.6 Å².